The van der Waals surface area contributed by atoms with Gasteiger partial charge in [0.15, 0.2) is 0 Å². The molecular formula is C13H24N2O2S. The lowest BCUT2D eigenvalue weighted by Crippen LogP contribution is -2.45. The predicted molar refractivity (Wildman–Crippen MR) is 75.9 cm³/mol. The highest BCUT2D eigenvalue weighted by Gasteiger charge is 2.22. The molecule has 0 saturated carbocycles. The van der Waals surface area contributed by atoms with E-state index < -0.39 is 0 Å². The van der Waals surface area contributed by atoms with Crippen molar-refractivity contribution >= 4 is 23.5 Å². The van der Waals surface area contributed by atoms with Crippen molar-refractivity contribution in [3.63, 3.8) is 0 Å². The van der Waals surface area contributed by atoms with E-state index in [9.17, 15) is 9.59 Å². The molecule has 0 bridgehead atoms. The van der Waals surface area contributed by atoms with Crippen molar-refractivity contribution in [3.8, 4) is 0 Å². The van der Waals surface area contributed by atoms with E-state index in [-0.39, 0.29) is 11.7 Å². The minimum absolute atomic E-state index is 0.154. The second-order valence-corrected chi connectivity index (χ2v) is 5.95. The molecule has 18 heavy (non-hydrogen) atoms. The van der Waals surface area contributed by atoms with Gasteiger partial charge in [0.2, 0.25) is 5.91 Å². The van der Waals surface area contributed by atoms with E-state index in [0.717, 1.165) is 12.2 Å². The van der Waals surface area contributed by atoms with Crippen LogP contribution >= 0.6 is 11.8 Å². The predicted octanol–water partition coefficient (Wildman–Crippen LogP) is 1.25. The van der Waals surface area contributed by atoms with Crippen molar-refractivity contribution < 1.29 is 9.59 Å². The van der Waals surface area contributed by atoms with Crippen LogP contribution in [0.25, 0.3) is 0 Å². The summed E-state index contributed by atoms with van der Waals surface area (Å²) < 4.78 is 0. The van der Waals surface area contributed by atoms with Crippen LogP contribution in [0, 0.1) is 0 Å². The molecule has 5 heteroatoms. The first-order valence-corrected chi connectivity index (χ1v) is 7.92. The fraction of sp³-hybridized carbons (Fsp3) is 0.846. The summed E-state index contributed by atoms with van der Waals surface area (Å²) >= 11 is 1.84. The van der Waals surface area contributed by atoms with E-state index in [4.69, 9.17) is 0 Å². The third kappa shape index (κ3) is 4.98. The highest BCUT2D eigenvalue weighted by Crippen LogP contribution is 2.09. The summed E-state index contributed by atoms with van der Waals surface area (Å²) in [6.45, 7) is 3.82. The fourth-order valence-corrected chi connectivity index (χ4v) is 2.56. The van der Waals surface area contributed by atoms with Crippen LogP contribution in [-0.4, -0.2) is 66.2 Å². The van der Waals surface area contributed by atoms with E-state index in [1.54, 1.807) is 0 Å². The van der Waals surface area contributed by atoms with Crippen LogP contribution in [0.4, 0.5) is 0 Å². The molecule has 1 unspecified atom stereocenters. The molecule has 1 fully saturated rings. The topological polar surface area (TPSA) is 40.6 Å². The van der Waals surface area contributed by atoms with Crippen LogP contribution in [-0.2, 0) is 9.59 Å². The van der Waals surface area contributed by atoms with Crippen LogP contribution < -0.4 is 0 Å². The summed E-state index contributed by atoms with van der Waals surface area (Å²) in [6.07, 6.45) is 4.25. The minimum Gasteiger partial charge on any atom is -0.341 e. The smallest absolute Gasteiger partial charge is 0.236 e. The average molecular weight is 272 g/mol. The third-order valence-electron chi connectivity index (χ3n) is 3.55. The Balaban J connectivity index is 2.32. The Hall–Kier alpha value is -0.550. The van der Waals surface area contributed by atoms with Gasteiger partial charge >= 0.3 is 0 Å². The molecule has 1 saturated heterocycles. The molecule has 1 atom stereocenters. The molecule has 104 valence electrons. The number of amides is 1. The van der Waals surface area contributed by atoms with Crippen molar-refractivity contribution in [2.24, 2.45) is 0 Å². The van der Waals surface area contributed by atoms with Gasteiger partial charge in [0.1, 0.15) is 5.78 Å². The van der Waals surface area contributed by atoms with Gasteiger partial charge in [-0.3, -0.25) is 14.5 Å². The van der Waals surface area contributed by atoms with Crippen molar-refractivity contribution in [1.82, 2.24) is 9.80 Å². The quantitative estimate of drug-likeness (QED) is 0.730. The number of likely N-dealkylation sites (tertiary alicyclic amines) is 1. The molecule has 0 aromatic rings. The van der Waals surface area contributed by atoms with E-state index in [1.807, 2.05) is 23.7 Å². The van der Waals surface area contributed by atoms with Crippen molar-refractivity contribution in [2.75, 3.05) is 38.7 Å². The van der Waals surface area contributed by atoms with Gasteiger partial charge in [0, 0.05) is 32.0 Å². The van der Waals surface area contributed by atoms with Crippen LogP contribution in [0.3, 0.4) is 0 Å². The number of hydrogen-bond donors (Lipinski definition) is 0. The Morgan fingerprint density at radius 3 is 2.61 bits per heavy atom. The molecular weight excluding hydrogens is 248 g/mol. The van der Waals surface area contributed by atoms with Crippen LogP contribution in [0.15, 0.2) is 0 Å². The van der Waals surface area contributed by atoms with E-state index in [0.29, 0.717) is 38.5 Å². The Morgan fingerprint density at radius 1 is 1.44 bits per heavy atom. The van der Waals surface area contributed by atoms with Gasteiger partial charge in [-0.1, -0.05) is 0 Å². The summed E-state index contributed by atoms with van der Waals surface area (Å²) in [5.74, 6) is 1.56. The number of Topliss-reactive ketones (excluding diaryl/α,β-unsaturated/α-hetero) is 1. The van der Waals surface area contributed by atoms with Gasteiger partial charge in [-0.2, -0.15) is 11.8 Å². The number of thioether (sulfide) groups is 1. The molecule has 1 rings (SSSR count). The number of nitrogens with zero attached hydrogens (tertiary/aromatic N) is 2. The second kappa shape index (κ2) is 7.79. The first kappa shape index (κ1) is 15.5. The molecule has 1 aliphatic heterocycles. The van der Waals surface area contributed by atoms with Gasteiger partial charge < -0.3 is 4.90 Å². The van der Waals surface area contributed by atoms with Gasteiger partial charge in [-0.15, -0.1) is 0 Å². The molecule has 0 radical (unpaired) electrons. The number of ketones is 1. The first-order chi connectivity index (χ1) is 8.54. The lowest BCUT2D eigenvalue weighted by molar-refractivity contribution is -0.135. The maximum absolute atomic E-state index is 12.1. The molecule has 0 aliphatic carbocycles. The molecule has 1 heterocycles. The maximum Gasteiger partial charge on any atom is 0.236 e. The Labute approximate surface area is 114 Å². The van der Waals surface area contributed by atoms with Gasteiger partial charge in [-0.25, -0.2) is 0 Å². The number of hydrogen-bond acceptors (Lipinski definition) is 4. The van der Waals surface area contributed by atoms with E-state index in [1.165, 1.54) is 0 Å². The molecule has 0 N–H and O–H groups in total. The van der Waals surface area contributed by atoms with Crippen LogP contribution in [0.2, 0.25) is 0 Å². The van der Waals surface area contributed by atoms with E-state index >= 15 is 0 Å². The number of rotatable bonds is 6. The largest absolute Gasteiger partial charge is 0.341 e. The summed E-state index contributed by atoms with van der Waals surface area (Å²) in [7, 11) is 2.00. The van der Waals surface area contributed by atoms with Crippen LogP contribution in [0.5, 0.6) is 0 Å². The summed E-state index contributed by atoms with van der Waals surface area (Å²) in [6, 6.07) is 0.424. The standard InChI is InChI=1S/C13H24N2O2S/c1-11(6-9-18-3)14(2)10-13(17)15-7-4-12(16)5-8-15/h11H,4-10H2,1-3H3. The Kier molecular flexibility index (Phi) is 6.71. The fourth-order valence-electron chi connectivity index (χ4n) is 1.98. The van der Waals surface area contributed by atoms with Crippen molar-refractivity contribution in [1.29, 1.82) is 0 Å². The average Bonchev–Trinajstić information content (AvgIpc) is 2.36. The zero-order valence-corrected chi connectivity index (χ0v) is 12.5. The summed E-state index contributed by atoms with van der Waals surface area (Å²) in [5.41, 5.74) is 0. The van der Waals surface area contributed by atoms with Gasteiger partial charge in [-0.05, 0) is 32.4 Å². The van der Waals surface area contributed by atoms with Gasteiger partial charge in [0.05, 0.1) is 6.54 Å². The van der Waals surface area contributed by atoms with E-state index in [2.05, 4.69) is 18.1 Å². The molecule has 0 aromatic heterocycles. The highest BCUT2D eigenvalue weighted by atomic mass is 32.2. The number of likely N-dealkylation sites (N-methyl/N-ethyl adjacent to an activating group) is 1. The van der Waals surface area contributed by atoms with Crippen molar-refractivity contribution in [2.45, 2.75) is 32.2 Å². The molecule has 4 nitrogen and oxygen atoms in total. The minimum atomic E-state index is 0.154. The monoisotopic (exact) mass is 272 g/mol. The SMILES string of the molecule is CSCCC(C)N(C)CC(=O)N1CCC(=O)CC1. The molecule has 0 aromatic carbocycles. The number of piperidine rings is 1. The lowest BCUT2D eigenvalue weighted by Gasteiger charge is -2.30. The number of carbonyl (C=O) groups excluding carboxylic acids is 2. The molecule has 1 aliphatic rings. The zero-order chi connectivity index (χ0) is 13.5. The Morgan fingerprint density at radius 2 is 2.06 bits per heavy atom. The van der Waals surface area contributed by atoms with Crippen LogP contribution in [0.1, 0.15) is 26.2 Å². The normalized spacial score (nSPS) is 18.2. The Bertz CT molecular complexity index is 287. The third-order valence-corrected chi connectivity index (χ3v) is 4.19. The number of carbonyl (C=O) groups is 2. The summed E-state index contributed by atoms with van der Waals surface area (Å²) in [4.78, 5) is 27.1. The van der Waals surface area contributed by atoms with Gasteiger partial charge in [0.25, 0.3) is 0 Å². The lowest BCUT2D eigenvalue weighted by atomic mass is 10.1. The van der Waals surface area contributed by atoms with Crippen molar-refractivity contribution in [3.05, 3.63) is 0 Å². The maximum atomic E-state index is 12.1. The summed E-state index contributed by atoms with van der Waals surface area (Å²) in [5, 5.41) is 0. The highest BCUT2D eigenvalue weighted by molar-refractivity contribution is 7.98. The zero-order valence-electron chi connectivity index (χ0n) is 11.6. The first-order valence-electron chi connectivity index (χ1n) is 6.53. The molecule has 0 spiro atoms. The molecule has 1 amide bonds. The second-order valence-electron chi connectivity index (χ2n) is 4.97.